The van der Waals surface area contributed by atoms with E-state index in [1.54, 1.807) is 31.3 Å². The van der Waals surface area contributed by atoms with E-state index in [2.05, 4.69) is 27.0 Å². The molecule has 2 aromatic heterocycles. The number of pyridine rings is 1. The van der Waals surface area contributed by atoms with Crippen LogP contribution in [0.2, 0.25) is 5.02 Å². The van der Waals surface area contributed by atoms with Gasteiger partial charge >= 0.3 is 0 Å². The van der Waals surface area contributed by atoms with Gasteiger partial charge in [0, 0.05) is 28.9 Å². The average molecular weight is 469 g/mol. The third-order valence-corrected chi connectivity index (χ3v) is 5.26. The van der Waals surface area contributed by atoms with Gasteiger partial charge in [-0.05, 0) is 31.8 Å². The predicted octanol–water partition coefficient (Wildman–Crippen LogP) is 5.69. The first-order valence-corrected chi connectivity index (χ1v) is 10.8. The minimum Gasteiger partial charge on any atom is -0.381 e. The lowest BCUT2D eigenvalue weighted by Crippen LogP contribution is -2.17. The minimum atomic E-state index is -0.439. The zero-order chi connectivity index (χ0) is 24.1. The Morgan fingerprint density at radius 2 is 1.85 bits per heavy atom. The number of anilines is 2. The molecule has 34 heavy (non-hydrogen) atoms. The highest BCUT2D eigenvalue weighted by molar-refractivity contribution is 6.35. The van der Waals surface area contributed by atoms with Crippen LogP contribution in [0.25, 0.3) is 33.4 Å². The van der Waals surface area contributed by atoms with Crippen molar-refractivity contribution in [1.82, 2.24) is 15.0 Å². The van der Waals surface area contributed by atoms with E-state index in [-0.39, 0.29) is 11.6 Å². The van der Waals surface area contributed by atoms with Crippen molar-refractivity contribution in [2.24, 2.45) is 4.99 Å². The number of aromatic nitrogens is 3. The van der Waals surface area contributed by atoms with Crippen molar-refractivity contribution < 1.29 is 4.79 Å². The molecule has 0 saturated carbocycles. The molecule has 0 unspecified atom stereocenters. The zero-order valence-corrected chi connectivity index (χ0v) is 19.1. The molecule has 0 aliphatic heterocycles. The fourth-order valence-corrected chi connectivity index (χ4v) is 3.73. The number of hydrogen-bond acceptors (Lipinski definition) is 6. The summed E-state index contributed by atoms with van der Waals surface area (Å²) in [5.74, 6) is -0.233. The number of amides is 1. The topological polar surface area (TPSA) is 106 Å². The molecule has 0 fully saturated rings. The van der Waals surface area contributed by atoms with Crippen LogP contribution in [-0.4, -0.2) is 27.6 Å². The summed E-state index contributed by atoms with van der Waals surface area (Å²) in [5.41, 5.74) is 9.82. The number of nitrogens with zero attached hydrogens (tertiary/aromatic N) is 4. The van der Waals surface area contributed by atoms with Gasteiger partial charge in [-0.2, -0.15) is 0 Å². The van der Waals surface area contributed by atoms with E-state index in [1.165, 1.54) is 6.20 Å². The van der Waals surface area contributed by atoms with Crippen molar-refractivity contribution in [3.05, 3.63) is 89.7 Å². The smallest absolute Gasteiger partial charge is 0.258 e. The Labute approximate surface area is 201 Å². The van der Waals surface area contributed by atoms with Gasteiger partial charge in [0.1, 0.15) is 0 Å². The van der Waals surface area contributed by atoms with Crippen molar-refractivity contribution in [1.29, 1.82) is 0 Å². The number of carbonyl (C=O) groups is 1. The van der Waals surface area contributed by atoms with Crippen molar-refractivity contribution in [2.75, 3.05) is 11.1 Å². The number of benzene rings is 2. The van der Waals surface area contributed by atoms with Gasteiger partial charge in [-0.25, -0.2) is 9.97 Å². The van der Waals surface area contributed by atoms with Gasteiger partial charge in [-0.1, -0.05) is 60.2 Å². The standard InChI is InChI=1S/C26H21ClN6O/c1-3-8-18(15-29-2)26(34)33-25-24(28)31-22(16-9-5-4-6-10-16)23(32-25)19-13-17-11-7-12-30-21(17)20(27)14-19/h3-15H,2H2,1H3,(H2,28,31)(H,32,33,34)/b8-3-,18-15+. The number of fused-ring (bicyclic) bond motifs is 1. The van der Waals surface area contributed by atoms with E-state index in [4.69, 9.17) is 22.3 Å². The summed E-state index contributed by atoms with van der Waals surface area (Å²) in [4.78, 5) is 30.2. The van der Waals surface area contributed by atoms with Crippen LogP contribution in [0.15, 0.2) is 89.7 Å². The first kappa shape index (κ1) is 22.8. The number of carbonyl (C=O) groups excluding carboxylic acids is 1. The highest BCUT2D eigenvalue weighted by Gasteiger charge is 2.19. The highest BCUT2D eigenvalue weighted by Crippen LogP contribution is 2.35. The monoisotopic (exact) mass is 468 g/mol. The van der Waals surface area contributed by atoms with Crippen molar-refractivity contribution in [3.63, 3.8) is 0 Å². The Balaban J connectivity index is 1.89. The van der Waals surface area contributed by atoms with Gasteiger partial charge in [0.15, 0.2) is 11.6 Å². The van der Waals surface area contributed by atoms with Crippen LogP contribution in [0.1, 0.15) is 6.92 Å². The summed E-state index contributed by atoms with van der Waals surface area (Å²) in [5, 5.41) is 4.06. The molecule has 0 radical (unpaired) electrons. The highest BCUT2D eigenvalue weighted by atomic mass is 35.5. The van der Waals surface area contributed by atoms with Crippen LogP contribution in [0.5, 0.6) is 0 Å². The van der Waals surface area contributed by atoms with E-state index in [1.807, 2.05) is 48.5 Å². The van der Waals surface area contributed by atoms with E-state index in [0.29, 0.717) is 33.1 Å². The number of aliphatic imine (C=N–C) groups is 1. The number of nitrogens with one attached hydrogen (secondary N) is 1. The van der Waals surface area contributed by atoms with Gasteiger partial charge in [-0.3, -0.25) is 14.8 Å². The molecule has 7 nitrogen and oxygen atoms in total. The second-order valence-corrected chi connectivity index (χ2v) is 7.68. The normalized spacial score (nSPS) is 11.6. The fraction of sp³-hybridized carbons (Fsp3) is 0.0385. The molecule has 0 spiro atoms. The van der Waals surface area contributed by atoms with Crippen LogP contribution < -0.4 is 11.1 Å². The minimum absolute atomic E-state index is 0.0795. The maximum absolute atomic E-state index is 12.8. The molecule has 4 rings (SSSR count). The van der Waals surface area contributed by atoms with E-state index >= 15 is 0 Å². The predicted molar refractivity (Wildman–Crippen MR) is 139 cm³/mol. The zero-order valence-electron chi connectivity index (χ0n) is 18.4. The number of rotatable bonds is 6. The summed E-state index contributed by atoms with van der Waals surface area (Å²) < 4.78 is 0. The number of hydrogen-bond donors (Lipinski definition) is 2. The SMILES string of the molecule is C=N/C=C(\C=C/C)C(=O)Nc1nc(-c2cc(Cl)c3ncccc3c2)c(-c2ccccc2)nc1N. The van der Waals surface area contributed by atoms with Crippen LogP contribution in [-0.2, 0) is 4.79 Å². The molecule has 0 atom stereocenters. The summed E-state index contributed by atoms with van der Waals surface area (Å²) >= 11 is 6.54. The molecule has 4 aromatic rings. The molecular weight excluding hydrogens is 448 g/mol. The van der Waals surface area contributed by atoms with E-state index < -0.39 is 5.91 Å². The summed E-state index contributed by atoms with van der Waals surface area (Å²) in [6.07, 6.45) is 6.38. The molecule has 8 heteroatoms. The molecular formula is C26H21ClN6O. The van der Waals surface area contributed by atoms with Crippen molar-refractivity contribution in [2.45, 2.75) is 6.92 Å². The van der Waals surface area contributed by atoms with Gasteiger partial charge < -0.3 is 11.1 Å². The third kappa shape index (κ3) is 4.69. The van der Waals surface area contributed by atoms with E-state index in [0.717, 1.165) is 10.9 Å². The maximum atomic E-state index is 12.8. The fourth-order valence-electron chi connectivity index (χ4n) is 3.46. The Morgan fingerprint density at radius 1 is 1.09 bits per heavy atom. The van der Waals surface area contributed by atoms with E-state index in [9.17, 15) is 4.79 Å². The lowest BCUT2D eigenvalue weighted by atomic mass is 10.0. The largest absolute Gasteiger partial charge is 0.381 e. The summed E-state index contributed by atoms with van der Waals surface area (Å²) in [6.45, 7) is 5.21. The Morgan fingerprint density at radius 3 is 2.59 bits per heavy atom. The molecule has 2 heterocycles. The summed E-state index contributed by atoms with van der Waals surface area (Å²) in [7, 11) is 0. The van der Waals surface area contributed by atoms with Crippen LogP contribution >= 0.6 is 11.6 Å². The van der Waals surface area contributed by atoms with Gasteiger partial charge in [-0.15, -0.1) is 0 Å². The molecule has 0 saturated heterocycles. The number of allylic oxidation sites excluding steroid dienone is 1. The first-order chi connectivity index (χ1) is 16.5. The third-order valence-electron chi connectivity index (χ3n) is 4.97. The Bertz CT molecular complexity index is 1450. The molecule has 0 aliphatic rings. The van der Waals surface area contributed by atoms with Crippen LogP contribution in [0, 0.1) is 0 Å². The number of nitrogen functional groups attached to an aromatic ring is 1. The second kappa shape index (κ2) is 10.1. The first-order valence-electron chi connectivity index (χ1n) is 10.4. The Kier molecular flexibility index (Phi) is 6.75. The van der Waals surface area contributed by atoms with Crippen molar-refractivity contribution >= 4 is 46.8 Å². The molecule has 3 N–H and O–H groups in total. The van der Waals surface area contributed by atoms with Crippen LogP contribution in [0.3, 0.4) is 0 Å². The average Bonchev–Trinajstić information content (AvgIpc) is 2.85. The Hall–Kier alpha value is -4.36. The lowest BCUT2D eigenvalue weighted by Gasteiger charge is -2.14. The lowest BCUT2D eigenvalue weighted by molar-refractivity contribution is -0.112. The second-order valence-electron chi connectivity index (χ2n) is 7.28. The number of nitrogens with two attached hydrogens (primary N) is 1. The van der Waals surface area contributed by atoms with Crippen LogP contribution in [0.4, 0.5) is 11.6 Å². The van der Waals surface area contributed by atoms with Gasteiger partial charge in [0.05, 0.1) is 27.5 Å². The molecule has 168 valence electrons. The van der Waals surface area contributed by atoms with Crippen molar-refractivity contribution in [3.8, 4) is 22.5 Å². The maximum Gasteiger partial charge on any atom is 0.258 e. The molecule has 2 aromatic carbocycles. The molecule has 1 amide bonds. The van der Waals surface area contributed by atoms with Gasteiger partial charge in [0.2, 0.25) is 0 Å². The van der Waals surface area contributed by atoms with Gasteiger partial charge in [0.25, 0.3) is 5.91 Å². The summed E-state index contributed by atoms with van der Waals surface area (Å²) in [6, 6.07) is 17.0. The molecule has 0 bridgehead atoms. The number of halogens is 1. The molecule has 0 aliphatic carbocycles. The quantitative estimate of drug-likeness (QED) is 0.214.